The van der Waals surface area contributed by atoms with E-state index in [2.05, 4.69) is 37.2 Å². The molecule has 0 radical (unpaired) electrons. The Morgan fingerprint density at radius 2 is 1.69 bits per heavy atom. The molecule has 0 aliphatic carbocycles. The highest BCUT2D eigenvalue weighted by Crippen LogP contribution is 2.38. The highest BCUT2D eigenvalue weighted by Gasteiger charge is 2.36. The number of anilines is 1. The molecule has 0 unspecified atom stereocenters. The summed E-state index contributed by atoms with van der Waals surface area (Å²) in [5.74, 6) is 0.198. The van der Waals surface area contributed by atoms with Crippen LogP contribution in [0.4, 0.5) is 10.5 Å². The van der Waals surface area contributed by atoms with Crippen molar-refractivity contribution in [2.24, 2.45) is 0 Å². The van der Waals surface area contributed by atoms with Crippen LogP contribution in [0.25, 0.3) is 6.08 Å². The zero-order valence-electron chi connectivity index (χ0n) is 20.3. The first-order valence-corrected chi connectivity index (χ1v) is 14.6. The zero-order chi connectivity index (χ0) is 28.1. The van der Waals surface area contributed by atoms with Gasteiger partial charge in [-0.25, -0.2) is 0 Å². The molecule has 39 heavy (non-hydrogen) atoms. The molecule has 3 amide bonds. The molecule has 1 saturated heterocycles. The van der Waals surface area contributed by atoms with Crippen LogP contribution in [0.5, 0.6) is 11.5 Å². The number of halogens is 4. The zero-order valence-corrected chi connectivity index (χ0v) is 25.8. The second-order valence-electron chi connectivity index (χ2n) is 8.12. The van der Waals surface area contributed by atoms with Crippen molar-refractivity contribution < 1.29 is 23.9 Å². The SMILES string of the molecule is CCOc1ccc(NC(=O)CN2C(=O)S/C(=C/c3cc(Br)c(OCc4ccc(Cl)c(Cl)c4)c(Br)c3)C2=O)cc1. The third kappa shape index (κ3) is 7.58. The van der Waals surface area contributed by atoms with Crippen molar-refractivity contribution in [1.82, 2.24) is 4.90 Å². The summed E-state index contributed by atoms with van der Waals surface area (Å²) in [5.41, 5.74) is 2.02. The molecule has 7 nitrogen and oxygen atoms in total. The van der Waals surface area contributed by atoms with E-state index in [1.165, 1.54) is 0 Å². The van der Waals surface area contributed by atoms with Crippen LogP contribution in [0.3, 0.4) is 0 Å². The molecule has 0 saturated carbocycles. The Morgan fingerprint density at radius 3 is 2.33 bits per heavy atom. The molecule has 0 aromatic heterocycles. The van der Waals surface area contributed by atoms with Crippen LogP contribution in [0, 0.1) is 0 Å². The van der Waals surface area contributed by atoms with Gasteiger partial charge in [0.15, 0.2) is 0 Å². The smallest absolute Gasteiger partial charge is 0.294 e. The largest absolute Gasteiger partial charge is 0.494 e. The summed E-state index contributed by atoms with van der Waals surface area (Å²) in [5, 5.41) is 3.07. The van der Waals surface area contributed by atoms with Crippen molar-refractivity contribution >= 4 is 95.6 Å². The first-order chi connectivity index (χ1) is 18.6. The number of benzene rings is 3. The monoisotopic (exact) mass is 712 g/mol. The van der Waals surface area contributed by atoms with Crippen molar-refractivity contribution in [3.8, 4) is 11.5 Å². The third-order valence-electron chi connectivity index (χ3n) is 5.31. The van der Waals surface area contributed by atoms with E-state index in [-0.39, 0.29) is 11.5 Å². The number of nitrogens with zero attached hydrogens (tertiary/aromatic N) is 1. The minimum atomic E-state index is -0.543. The van der Waals surface area contributed by atoms with Gasteiger partial charge in [-0.3, -0.25) is 19.3 Å². The molecule has 0 atom stereocenters. The van der Waals surface area contributed by atoms with E-state index >= 15 is 0 Å². The number of thioether (sulfide) groups is 1. The maximum absolute atomic E-state index is 12.9. The molecule has 1 N–H and O–H groups in total. The standard InChI is InChI=1S/C27H20Br2Cl2N2O5S/c1-2-37-18-6-4-17(5-7-18)32-24(34)13-33-26(35)23(39-27(33)36)12-16-9-19(28)25(20(29)10-16)38-14-15-3-8-21(30)22(31)11-15/h3-12H,2,13-14H2,1H3,(H,32,34)/b23-12+. The predicted molar refractivity (Wildman–Crippen MR) is 162 cm³/mol. The molecule has 1 heterocycles. The van der Waals surface area contributed by atoms with Crippen LogP contribution >= 0.6 is 66.8 Å². The van der Waals surface area contributed by atoms with E-state index < -0.39 is 23.6 Å². The number of imide groups is 1. The highest BCUT2D eigenvalue weighted by molar-refractivity contribution is 9.11. The van der Waals surface area contributed by atoms with E-state index in [4.69, 9.17) is 32.7 Å². The van der Waals surface area contributed by atoms with Crippen molar-refractivity contribution in [2.45, 2.75) is 13.5 Å². The molecular weight excluding hydrogens is 695 g/mol. The van der Waals surface area contributed by atoms with Crippen molar-refractivity contribution in [2.75, 3.05) is 18.5 Å². The van der Waals surface area contributed by atoms with Gasteiger partial charge in [-0.1, -0.05) is 29.3 Å². The Balaban J connectivity index is 1.41. The molecule has 0 bridgehead atoms. The Hall–Kier alpha value is -2.50. The molecule has 1 aliphatic heterocycles. The Labute approximate surface area is 256 Å². The average molecular weight is 715 g/mol. The summed E-state index contributed by atoms with van der Waals surface area (Å²) in [4.78, 5) is 39.1. The fourth-order valence-electron chi connectivity index (χ4n) is 3.52. The molecule has 3 aromatic rings. The lowest BCUT2D eigenvalue weighted by Crippen LogP contribution is -2.36. The number of hydrogen-bond acceptors (Lipinski definition) is 6. The van der Waals surface area contributed by atoms with Crippen LogP contribution in [0.1, 0.15) is 18.1 Å². The third-order valence-corrected chi connectivity index (χ3v) is 8.13. The minimum absolute atomic E-state index is 0.206. The van der Waals surface area contributed by atoms with E-state index in [0.29, 0.717) is 48.3 Å². The van der Waals surface area contributed by atoms with Gasteiger partial charge < -0.3 is 14.8 Å². The number of ether oxygens (including phenoxy) is 2. The van der Waals surface area contributed by atoms with Gasteiger partial charge in [0.25, 0.3) is 11.1 Å². The number of amides is 3. The van der Waals surface area contributed by atoms with Crippen molar-refractivity contribution in [3.05, 3.63) is 89.6 Å². The molecule has 4 rings (SSSR count). The fourth-order valence-corrected chi connectivity index (χ4v) is 6.13. The number of hydrogen-bond donors (Lipinski definition) is 1. The predicted octanol–water partition coefficient (Wildman–Crippen LogP) is 8.17. The van der Waals surface area contributed by atoms with E-state index in [1.807, 2.05) is 13.0 Å². The fraction of sp³-hybridized carbons (Fsp3) is 0.148. The van der Waals surface area contributed by atoms with Gasteiger partial charge in [-0.05, 0) is 116 Å². The van der Waals surface area contributed by atoms with Crippen molar-refractivity contribution in [1.29, 1.82) is 0 Å². The first-order valence-electron chi connectivity index (χ1n) is 11.5. The number of rotatable bonds is 9. The Kier molecular flexibility index (Phi) is 10.0. The maximum Gasteiger partial charge on any atom is 0.294 e. The minimum Gasteiger partial charge on any atom is -0.494 e. The van der Waals surface area contributed by atoms with E-state index in [0.717, 1.165) is 22.2 Å². The average Bonchev–Trinajstić information content (AvgIpc) is 3.14. The summed E-state index contributed by atoms with van der Waals surface area (Å²) in [6.07, 6.45) is 1.59. The van der Waals surface area contributed by atoms with Crippen LogP contribution < -0.4 is 14.8 Å². The van der Waals surface area contributed by atoms with Gasteiger partial charge in [-0.2, -0.15) is 0 Å². The lowest BCUT2D eigenvalue weighted by molar-refractivity contribution is -0.127. The van der Waals surface area contributed by atoms with Gasteiger partial charge >= 0.3 is 0 Å². The summed E-state index contributed by atoms with van der Waals surface area (Å²) in [6.45, 7) is 2.27. The van der Waals surface area contributed by atoms with Gasteiger partial charge in [0.2, 0.25) is 5.91 Å². The topological polar surface area (TPSA) is 84.9 Å². The second-order valence-corrected chi connectivity index (χ2v) is 11.6. The first kappa shape index (κ1) is 29.5. The van der Waals surface area contributed by atoms with Crippen LogP contribution in [-0.4, -0.2) is 35.1 Å². The Morgan fingerprint density at radius 1 is 1.00 bits per heavy atom. The lowest BCUT2D eigenvalue weighted by atomic mass is 10.2. The Bertz CT molecular complexity index is 1440. The molecule has 202 valence electrons. The normalized spacial score (nSPS) is 14.2. The van der Waals surface area contributed by atoms with Gasteiger partial charge in [-0.15, -0.1) is 0 Å². The van der Waals surface area contributed by atoms with E-state index in [1.54, 1.807) is 54.6 Å². The molecular formula is C27H20Br2Cl2N2O5S. The van der Waals surface area contributed by atoms with E-state index in [9.17, 15) is 14.4 Å². The van der Waals surface area contributed by atoms with Gasteiger partial charge in [0.05, 0.1) is 30.5 Å². The summed E-state index contributed by atoms with van der Waals surface area (Å²) < 4.78 is 12.6. The van der Waals surface area contributed by atoms with Gasteiger partial charge in [0.1, 0.15) is 24.7 Å². The quantitative estimate of drug-likeness (QED) is 0.225. The molecule has 0 spiro atoms. The molecule has 1 aliphatic rings. The summed E-state index contributed by atoms with van der Waals surface area (Å²) >= 11 is 19.8. The van der Waals surface area contributed by atoms with Crippen molar-refractivity contribution in [3.63, 3.8) is 0 Å². The number of carbonyl (C=O) groups is 3. The number of nitrogens with one attached hydrogen (secondary N) is 1. The van der Waals surface area contributed by atoms with Crippen LogP contribution in [0.15, 0.2) is 68.4 Å². The molecule has 3 aromatic carbocycles. The van der Waals surface area contributed by atoms with Crippen LogP contribution in [0.2, 0.25) is 10.0 Å². The molecule has 1 fully saturated rings. The summed E-state index contributed by atoms with van der Waals surface area (Å²) in [7, 11) is 0. The van der Waals surface area contributed by atoms with Crippen LogP contribution in [-0.2, 0) is 16.2 Å². The maximum atomic E-state index is 12.9. The highest BCUT2D eigenvalue weighted by atomic mass is 79.9. The lowest BCUT2D eigenvalue weighted by Gasteiger charge is -2.13. The summed E-state index contributed by atoms with van der Waals surface area (Å²) in [6, 6.07) is 15.6. The van der Waals surface area contributed by atoms with Gasteiger partial charge in [0, 0.05) is 5.69 Å². The second kappa shape index (κ2) is 13.2. The molecule has 12 heteroatoms. The number of carbonyl (C=O) groups excluding carboxylic acids is 3.